The fraction of sp³-hybridized carbons (Fsp3) is 0.750. The van der Waals surface area contributed by atoms with Crippen LogP contribution in [0.3, 0.4) is 0 Å². The van der Waals surface area contributed by atoms with Gasteiger partial charge < -0.3 is 11.1 Å². The Bertz CT molecular complexity index is 426. The quantitative estimate of drug-likeness (QED) is 0.843. The molecule has 19 heavy (non-hydrogen) atoms. The number of amides is 1. The molecule has 106 valence electrons. The molecule has 0 aliphatic carbocycles. The molecule has 1 fully saturated rings. The van der Waals surface area contributed by atoms with E-state index in [1.165, 1.54) is 11.5 Å². The number of nitrogens with two attached hydrogens (primary N) is 1. The van der Waals surface area contributed by atoms with Crippen LogP contribution >= 0.6 is 11.5 Å². The van der Waals surface area contributed by atoms with Crippen molar-refractivity contribution in [3.63, 3.8) is 0 Å². The third kappa shape index (κ3) is 4.14. The van der Waals surface area contributed by atoms with Gasteiger partial charge in [0.2, 0.25) is 11.0 Å². The van der Waals surface area contributed by atoms with Crippen molar-refractivity contribution in [2.45, 2.75) is 38.6 Å². The molecule has 0 saturated carbocycles. The summed E-state index contributed by atoms with van der Waals surface area (Å²) < 4.78 is 4.33. The second kappa shape index (κ2) is 6.29. The van der Waals surface area contributed by atoms with Crippen LogP contribution < -0.4 is 11.1 Å². The van der Waals surface area contributed by atoms with Gasteiger partial charge in [0.05, 0.1) is 6.54 Å². The molecule has 1 aliphatic heterocycles. The van der Waals surface area contributed by atoms with Gasteiger partial charge in [-0.05, 0) is 12.8 Å². The molecule has 1 saturated heterocycles. The summed E-state index contributed by atoms with van der Waals surface area (Å²) in [4.78, 5) is 17.4. The van der Waals surface area contributed by atoms with Crippen molar-refractivity contribution in [3.05, 3.63) is 5.82 Å². The monoisotopic (exact) mass is 283 g/mol. The molecule has 0 bridgehead atoms. The Balaban J connectivity index is 1.80. The van der Waals surface area contributed by atoms with Crippen LogP contribution in [0.15, 0.2) is 0 Å². The Morgan fingerprint density at radius 3 is 2.74 bits per heavy atom. The molecule has 7 heteroatoms. The minimum atomic E-state index is -0.253. The van der Waals surface area contributed by atoms with Crippen LogP contribution in [0.1, 0.15) is 38.4 Å². The zero-order valence-electron chi connectivity index (χ0n) is 11.4. The number of nitrogens with zero attached hydrogens (tertiary/aromatic N) is 3. The third-order valence-electron chi connectivity index (χ3n) is 3.25. The lowest BCUT2D eigenvalue weighted by Gasteiger charge is -2.31. The second-order valence-electron chi connectivity index (χ2n) is 5.27. The van der Waals surface area contributed by atoms with Gasteiger partial charge in [0.25, 0.3) is 0 Å². The largest absolute Gasteiger partial charge is 0.369 e. The Hall–Kier alpha value is -1.21. The van der Waals surface area contributed by atoms with Gasteiger partial charge in [-0.3, -0.25) is 9.69 Å². The first kappa shape index (κ1) is 14.2. The molecule has 1 aromatic rings. The highest BCUT2D eigenvalue weighted by atomic mass is 32.1. The fourth-order valence-corrected chi connectivity index (χ4v) is 2.94. The predicted octanol–water partition coefficient (Wildman–Crippen LogP) is 1.02. The van der Waals surface area contributed by atoms with Crippen LogP contribution in [0.4, 0.5) is 5.13 Å². The highest BCUT2D eigenvalue weighted by molar-refractivity contribution is 7.09. The van der Waals surface area contributed by atoms with Gasteiger partial charge in [-0.25, -0.2) is 4.98 Å². The van der Waals surface area contributed by atoms with E-state index in [4.69, 9.17) is 5.73 Å². The third-order valence-corrected chi connectivity index (χ3v) is 3.91. The van der Waals surface area contributed by atoms with Crippen LogP contribution in [0.5, 0.6) is 0 Å². The molecule has 2 heterocycles. The van der Waals surface area contributed by atoms with E-state index in [-0.39, 0.29) is 5.91 Å². The van der Waals surface area contributed by atoms with Crippen molar-refractivity contribution >= 4 is 22.6 Å². The maximum absolute atomic E-state index is 10.9. The number of anilines is 1. The first-order valence-electron chi connectivity index (χ1n) is 6.65. The average Bonchev–Trinajstić information content (AvgIpc) is 2.80. The molecule has 0 atom stereocenters. The minimum absolute atomic E-state index is 0.253. The SMILES string of the molecule is CC(C)c1nsc(NC2CCN(CC(N)=O)CC2)n1. The molecule has 1 aliphatic rings. The first-order chi connectivity index (χ1) is 9.04. The van der Waals surface area contributed by atoms with E-state index in [1.54, 1.807) is 0 Å². The summed E-state index contributed by atoms with van der Waals surface area (Å²) in [6, 6.07) is 0.414. The van der Waals surface area contributed by atoms with Crippen LogP contribution in [-0.2, 0) is 4.79 Å². The van der Waals surface area contributed by atoms with E-state index >= 15 is 0 Å². The average molecular weight is 283 g/mol. The summed E-state index contributed by atoms with van der Waals surface area (Å²) in [5.41, 5.74) is 5.20. The van der Waals surface area contributed by atoms with Crippen molar-refractivity contribution in [1.82, 2.24) is 14.3 Å². The molecule has 1 amide bonds. The van der Waals surface area contributed by atoms with E-state index in [9.17, 15) is 4.79 Å². The van der Waals surface area contributed by atoms with Crippen LogP contribution in [0.25, 0.3) is 0 Å². The number of piperidine rings is 1. The Morgan fingerprint density at radius 2 is 2.21 bits per heavy atom. The van der Waals surface area contributed by atoms with Crippen molar-refractivity contribution in [2.75, 3.05) is 25.0 Å². The normalized spacial score (nSPS) is 17.8. The van der Waals surface area contributed by atoms with Crippen molar-refractivity contribution in [3.8, 4) is 0 Å². The van der Waals surface area contributed by atoms with Crippen molar-refractivity contribution in [1.29, 1.82) is 0 Å². The van der Waals surface area contributed by atoms with E-state index in [0.29, 0.717) is 18.5 Å². The number of aromatic nitrogens is 2. The lowest BCUT2D eigenvalue weighted by molar-refractivity contribution is -0.119. The fourth-order valence-electron chi connectivity index (χ4n) is 2.16. The maximum atomic E-state index is 10.9. The smallest absolute Gasteiger partial charge is 0.231 e. The van der Waals surface area contributed by atoms with Gasteiger partial charge >= 0.3 is 0 Å². The van der Waals surface area contributed by atoms with E-state index in [2.05, 4.69) is 33.4 Å². The molecule has 0 unspecified atom stereocenters. The summed E-state index contributed by atoms with van der Waals surface area (Å²) in [6.07, 6.45) is 2.01. The summed E-state index contributed by atoms with van der Waals surface area (Å²) in [6.45, 7) is 6.35. The molecule has 1 aromatic heterocycles. The van der Waals surface area contributed by atoms with Crippen molar-refractivity contribution in [2.24, 2.45) is 5.73 Å². The second-order valence-corrected chi connectivity index (χ2v) is 6.03. The zero-order chi connectivity index (χ0) is 13.8. The van der Waals surface area contributed by atoms with Crippen molar-refractivity contribution < 1.29 is 4.79 Å². The number of carbonyl (C=O) groups is 1. The number of carbonyl (C=O) groups excluding carboxylic acids is 1. The van der Waals surface area contributed by atoms with Gasteiger partial charge in [-0.2, -0.15) is 4.37 Å². The summed E-state index contributed by atoms with van der Waals surface area (Å²) >= 11 is 1.42. The maximum Gasteiger partial charge on any atom is 0.231 e. The lowest BCUT2D eigenvalue weighted by atomic mass is 10.1. The van der Waals surface area contributed by atoms with Crippen LogP contribution in [-0.4, -0.2) is 45.8 Å². The van der Waals surface area contributed by atoms with E-state index < -0.39 is 0 Å². The highest BCUT2D eigenvalue weighted by Crippen LogP contribution is 2.21. The van der Waals surface area contributed by atoms with E-state index in [0.717, 1.165) is 36.9 Å². The number of rotatable bonds is 5. The number of nitrogens with one attached hydrogen (secondary N) is 1. The summed E-state index contributed by atoms with van der Waals surface area (Å²) in [5, 5.41) is 4.33. The molecule has 3 N–H and O–H groups in total. The molecule has 2 rings (SSSR count). The zero-order valence-corrected chi connectivity index (χ0v) is 12.2. The first-order valence-corrected chi connectivity index (χ1v) is 7.42. The Labute approximate surface area is 117 Å². The number of primary amides is 1. The number of hydrogen-bond donors (Lipinski definition) is 2. The standard InChI is InChI=1S/C12H21N5OS/c1-8(2)11-15-12(19-16-11)14-9-3-5-17(6-4-9)7-10(13)18/h8-9H,3-7H2,1-2H3,(H2,13,18)(H,14,15,16). The van der Waals surface area contributed by atoms with Gasteiger partial charge in [0.15, 0.2) is 0 Å². The van der Waals surface area contributed by atoms with Gasteiger partial charge in [0, 0.05) is 36.6 Å². The molecule has 0 spiro atoms. The minimum Gasteiger partial charge on any atom is -0.369 e. The van der Waals surface area contributed by atoms with Crippen LogP contribution in [0, 0.1) is 0 Å². The van der Waals surface area contributed by atoms with Gasteiger partial charge in [-0.15, -0.1) is 0 Å². The molecule has 0 radical (unpaired) electrons. The van der Waals surface area contributed by atoms with Gasteiger partial charge in [-0.1, -0.05) is 13.8 Å². The predicted molar refractivity (Wildman–Crippen MR) is 76.3 cm³/mol. The van der Waals surface area contributed by atoms with Gasteiger partial charge in [0.1, 0.15) is 5.82 Å². The number of hydrogen-bond acceptors (Lipinski definition) is 6. The lowest BCUT2D eigenvalue weighted by Crippen LogP contribution is -2.42. The molecular formula is C12H21N5OS. The van der Waals surface area contributed by atoms with E-state index in [1.807, 2.05) is 0 Å². The molecule has 0 aromatic carbocycles. The highest BCUT2D eigenvalue weighted by Gasteiger charge is 2.21. The summed E-state index contributed by atoms with van der Waals surface area (Å²) in [7, 11) is 0. The number of likely N-dealkylation sites (tertiary alicyclic amines) is 1. The molecular weight excluding hydrogens is 262 g/mol. The summed E-state index contributed by atoms with van der Waals surface area (Å²) in [5.74, 6) is 1.01. The molecule has 6 nitrogen and oxygen atoms in total. The van der Waals surface area contributed by atoms with Crippen LogP contribution in [0.2, 0.25) is 0 Å². The Morgan fingerprint density at radius 1 is 1.53 bits per heavy atom. The topological polar surface area (TPSA) is 84.1 Å². The Kier molecular flexibility index (Phi) is 4.71.